The monoisotopic (exact) mass is 357 g/mol. The van der Waals surface area contributed by atoms with E-state index in [1.807, 2.05) is 0 Å². The van der Waals surface area contributed by atoms with Gasteiger partial charge < -0.3 is 15.4 Å². The number of nitrogens with zero attached hydrogens (tertiary/aromatic N) is 1. The van der Waals surface area contributed by atoms with Crippen molar-refractivity contribution in [1.29, 1.82) is 0 Å². The van der Waals surface area contributed by atoms with E-state index in [0.29, 0.717) is 16.9 Å². The molecule has 0 unspecified atom stereocenters. The Kier molecular flexibility index (Phi) is 6.26. The molecule has 0 radical (unpaired) electrons. The summed E-state index contributed by atoms with van der Waals surface area (Å²) in [4.78, 5) is 34.6. The minimum absolute atomic E-state index is 0.0249. The lowest BCUT2D eigenvalue weighted by atomic mass is 10.1. The van der Waals surface area contributed by atoms with E-state index in [1.165, 1.54) is 6.07 Å². The second-order valence-corrected chi connectivity index (χ2v) is 5.37. The average Bonchev–Trinajstić information content (AvgIpc) is 2.61. The zero-order valence-corrected chi connectivity index (χ0v) is 14.4. The second-order valence-electron chi connectivity index (χ2n) is 5.37. The highest BCUT2D eigenvalue weighted by Crippen LogP contribution is 2.25. The Morgan fingerprint density at radius 1 is 1.12 bits per heavy atom. The first-order valence-electron chi connectivity index (χ1n) is 7.98. The van der Waals surface area contributed by atoms with E-state index in [1.54, 1.807) is 50.2 Å². The van der Waals surface area contributed by atoms with Gasteiger partial charge >= 0.3 is 5.97 Å². The van der Waals surface area contributed by atoms with Gasteiger partial charge in [0.25, 0.3) is 5.69 Å². The molecule has 136 valence electrons. The van der Waals surface area contributed by atoms with Crippen molar-refractivity contribution in [1.82, 2.24) is 0 Å². The number of hydrogen-bond acceptors (Lipinski definition) is 6. The van der Waals surface area contributed by atoms with E-state index >= 15 is 0 Å². The summed E-state index contributed by atoms with van der Waals surface area (Å²) in [7, 11) is 0. The van der Waals surface area contributed by atoms with E-state index in [2.05, 4.69) is 10.6 Å². The van der Waals surface area contributed by atoms with Crippen LogP contribution in [0.4, 0.5) is 17.1 Å². The van der Waals surface area contributed by atoms with Gasteiger partial charge in [-0.25, -0.2) is 4.79 Å². The predicted octanol–water partition coefficient (Wildman–Crippen LogP) is 3.13. The third-order valence-corrected chi connectivity index (χ3v) is 3.64. The van der Waals surface area contributed by atoms with Gasteiger partial charge in [-0.2, -0.15) is 0 Å². The van der Waals surface area contributed by atoms with Gasteiger partial charge in [-0.05, 0) is 32.0 Å². The lowest BCUT2D eigenvalue weighted by molar-refractivity contribution is -0.385. The van der Waals surface area contributed by atoms with E-state index in [4.69, 9.17) is 4.74 Å². The number of carbonyl (C=O) groups is 2. The summed E-state index contributed by atoms with van der Waals surface area (Å²) < 4.78 is 4.96. The number of esters is 1. The van der Waals surface area contributed by atoms with Crippen LogP contribution in [0.3, 0.4) is 0 Å². The zero-order chi connectivity index (χ0) is 19.1. The molecule has 2 aromatic carbocycles. The highest BCUT2D eigenvalue weighted by atomic mass is 16.6. The average molecular weight is 357 g/mol. The van der Waals surface area contributed by atoms with Crippen molar-refractivity contribution in [2.45, 2.75) is 13.8 Å². The Morgan fingerprint density at radius 3 is 2.50 bits per heavy atom. The van der Waals surface area contributed by atoms with E-state index in [-0.39, 0.29) is 24.4 Å². The van der Waals surface area contributed by atoms with Crippen LogP contribution in [0.25, 0.3) is 0 Å². The summed E-state index contributed by atoms with van der Waals surface area (Å²) in [5, 5.41) is 16.5. The highest BCUT2D eigenvalue weighted by Gasteiger charge is 2.16. The number of anilines is 2. The molecule has 0 atom stereocenters. The van der Waals surface area contributed by atoms with Gasteiger partial charge in [0.05, 0.1) is 29.3 Å². The van der Waals surface area contributed by atoms with Crippen LogP contribution in [0.2, 0.25) is 0 Å². The van der Waals surface area contributed by atoms with Crippen LogP contribution >= 0.6 is 0 Å². The Labute approximate surface area is 150 Å². The molecule has 8 nitrogen and oxygen atoms in total. The number of carbonyl (C=O) groups excluding carboxylic acids is 2. The summed E-state index contributed by atoms with van der Waals surface area (Å²) in [6.07, 6.45) is 0. The lowest BCUT2D eigenvalue weighted by Gasteiger charge is -2.12. The molecule has 2 rings (SSSR count). The smallest absolute Gasteiger partial charge is 0.340 e. The number of para-hydroxylation sites is 1. The number of nitrogens with one attached hydrogen (secondary N) is 2. The van der Waals surface area contributed by atoms with Crippen molar-refractivity contribution in [3.8, 4) is 0 Å². The Hall–Kier alpha value is -3.42. The standard InChI is InChI=1S/C18H19N3O5/c1-3-26-18(23)13-7-4-5-8-15(13)20-17(22)11-19-14-9-6-10-16(12(14)2)21(24)25/h4-10,19H,3,11H2,1-2H3,(H,20,22). The molecular weight excluding hydrogens is 338 g/mol. The van der Waals surface area contributed by atoms with Gasteiger partial charge in [0.1, 0.15) is 0 Å². The Bertz CT molecular complexity index is 835. The van der Waals surface area contributed by atoms with Crippen molar-refractivity contribution >= 4 is 28.9 Å². The quantitative estimate of drug-likeness (QED) is 0.447. The summed E-state index contributed by atoms with van der Waals surface area (Å²) in [5.41, 5.74) is 1.51. The van der Waals surface area contributed by atoms with Crippen LogP contribution < -0.4 is 10.6 Å². The molecule has 0 aromatic heterocycles. The summed E-state index contributed by atoms with van der Waals surface area (Å²) in [6, 6.07) is 11.1. The maximum atomic E-state index is 12.2. The molecule has 26 heavy (non-hydrogen) atoms. The van der Waals surface area contributed by atoms with E-state index in [0.717, 1.165) is 0 Å². The van der Waals surface area contributed by atoms with Crippen LogP contribution in [-0.2, 0) is 9.53 Å². The maximum absolute atomic E-state index is 12.2. The van der Waals surface area contributed by atoms with Crippen LogP contribution in [0, 0.1) is 17.0 Å². The molecule has 2 N–H and O–H groups in total. The first kappa shape index (κ1) is 18.9. The first-order valence-corrected chi connectivity index (χ1v) is 7.98. The minimum Gasteiger partial charge on any atom is -0.462 e. The molecule has 1 amide bonds. The summed E-state index contributed by atoms with van der Waals surface area (Å²) in [6.45, 7) is 3.42. The van der Waals surface area contributed by atoms with Gasteiger partial charge in [0, 0.05) is 17.3 Å². The third kappa shape index (κ3) is 4.56. The maximum Gasteiger partial charge on any atom is 0.340 e. The first-order chi connectivity index (χ1) is 12.4. The number of nitro benzene ring substituents is 1. The molecule has 0 aliphatic heterocycles. The Balaban J connectivity index is 2.06. The van der Waals surface area contributed by atoms with E-state index in [9.17, 15) is 19.7 Å². The highest BCUT2D eigenvalue weighted by molar-refractivity contribution is 6.02. The fourth-order valence-corrected chi connectivity index (χ4v) is 2.36. The molecule has 0 heterocycles. The van der Waals surface area contributed by atoms with Crippen molar-refractivity contribution in [2.24, 2.45) is 0 Å². The molecule has 0 saturated carbocycles. The van der Waals surface area contributed by atoms with Crippen LogP contribution in [-0.4, -0.2) is 30.0 Å². The van der Waals surface area contributed by atoms with Crippen molar-refractivity contribution in [3.63, 3.8) is 0 Å². The second kappa shape index (κ2) is 8.61. The number of benzene rings is 2. The molecule has 2 aromatic rings. The van der Waals surface area contributed by atoms with Gasteiger partial charge in [-0.15, -0.1) is 0 Å². The van der Waals surface area contributed by atoms with Gasteiger partial charge in [-0.3, -0.25) is 14.9 Å². The van der Waals surface area contributed by atoms with Crippen LogP contribution in [0.15, 0.2) is 42.5 Å². The number of nitro groups is 1. The molecule has 0 fully saturated rings. The number of hydrogen-bond donors (Lipinski definition) is 2. The SMILES string of the molecule is CCOC(=O)c1ccccc1NC(=O)CNc1cccc([N+](=O)[O-])c1C. The molecule has 8 heteroatoms. The normalized spacial score (nSPS) is 10.1. The van der Waals surface area contributed by atoms with E-state index < -0.39 is 16.8 Å². The van der Waals surface area contributed by atoms with Crippen molar-refractivity contribution in [3.05, 3.63) is 63.7 Å². The molecule has 0 saturated heterocycles. The lowest BCUT2D eigenvalue weighted by Crippen LogP contribution is -2.23. The number of rotatable bonds is 7. The molecular formula is C18H19N3O5. The van der Waals surface area contributed by atoms with Crippen molar-refractivity contribution < 1.29 is 19.2 Å². The fraction of sp³-hybridized carbons (Fsp3) is 0.222. The zero-order valence-electron chi connectivity index (χ0n) is 14.4. The fourth-order valence-electron chi connectivity index (χ4n) is 2.36. The Morgan fingerprint density at radius 2 is 1.81 bits per heavy atom. The number of ether oxygens (including phenoxy) is 1. The minimum atomic E-state index is -0.522. The van der Waals surface area contributed by atoms with Gasteiger partial charge in [-0.1, -0.05) is 18.2 Å². The molecule has 0 aliphatic rings. The molecule has 0 bridgehead atoms. The van der Waals surface area contributed by atoms with Crippen molar-refractivity contribution in [2.75, 3.05) is 23.8 Å². The largest absolute Gasteiger partial charge is 0.462 e. The van der Waals surface area contributed by atoms with Crippen LogP contribution in [0.5, 0.6) is 0 Å². The van der Waals surface area contributed by atoms with Crippen LogP contribution in [0.1, 0.15) is 22.8 Å². The molecule has 0 spiro atoms. The number of amides is 1. The summed E-state index contributed by atoms with van der Waals surface area (Å²) in [5.74, 6) is -0.918. The molecule has 0 aliphatic carbocycles. The topological polar surface area (TPSA) is 111 Å². The summed E-state index contributed by atoms with van der Waals surface area (Å²) >= 11 is 0. The third-order valence-electron chi connectivity index (χ3n) is 3.64. The predicted molar refractivity (Wildman–Crippen MR) is 97.4 cm³/mol. The van der Waals surface area contributed by atoms with Gasteiger partial charge in [0.2, 0.25) is 5.91 Å². The van der Waals surface area contributed by atoms with Gasteiger partial charge in [0.15, 0.2) is 0 Å².